The van der Waals surface area contributed by atoms with Crippen molar-refractivity contribution in [1.82, 2.24) is 10.2 Å². The molecule has 0 atom stereocenters. The Morgan fingerprint density at radius 1 is 0.935 bits per heavy atom. The van der Waals surface area contributed by atoms with E-state index in [9.17, 15) is 9.59 Å². The number of hydrogen-bond acceptors (Lipinski definition) is 3. The Labute approximate surface area is 187 Å². The van der Waals surface area contributed by atoms with Crippen molar-refractivity contribution in [1.29, 1.82) is 0 Å². The molecule has 6 heteroatoms. The highest BCUT2D eigenvalue weighted by Gasteiger charge is 2.25. The molecule has 31 heavy (non-hydrogen) atoms. The Kier molecular flexibility index (Phi) is 6.85. The molecule has 3 aromatic rings. The average Bonchev–Trinajstić information content (AvgIpc) is 2.79. The predicted molar refractivity (Wildman–Crippen MR) is 125 cm³/mol. The van der Waals surface area contributed by atoms with Crippen molar-refractivity contribution in [3.8, 4) is 0 Å². The number of rotatable bonds is 6. The van der Waals surface area contributed by atoms with Crippen LogP contribution in [0, 0.1) is 5.92 Å². The number of likely N-dealkylation sites (tertiary alicyclic amines) is 1. The zero-order valence-electron chi connectivity index (χ0n) is 17.3. The Morgan fingerprint density at radius 3 is 2.42 bits per heavy atom. The van der Waals surface area contributed by atoms with Gasteiger partial charge in [-0.3, -0.25) is 14.5 Å². The van der Waals surface area contributed by atoms with Crippen molar-refractivity contribution < 1.29 is 9.59 Å². The number of halogens is 1. The summed E-state index contributed by atoms with van der Waals surface area (Å²) in [4.78, 5) is 27.2. The molecule has 1 fully saturated rings. The quantitative estimate of drug-likeness (QED) is 0.601. The van der Waals surface area contributed by atoms with Gasteiger partial charge in [0.2, 0.25) is 11.8 Å². The first-order valence-corrected chi connectivity index (χ1v) is 11.0. The largest absolute Gasteiger partial charge is 0.352 e. The van der Waals surface area contributed by atoms with E-state index < -0.39 is 0 Å². The van der Waals surface area contributed by atoms with Gasteiger partial charge in [-0.15, -0.1) is 0 Å². The molecule has 1 aliphatic heterocycles. The van der Waals surface area contributed by atoms with Crippen molar-refractivity contribution in [2.24, 2.45) is 5.92 Å². The summed E-state index contributed by atoms with van der Waals surface area (Å²) in [6.45, 7) is 2.32. The number of amides is 2. The van der Waals surface area contributed by atoms with Crippen molar-refractivity contribution in [2.75, 3.05) is 25.0 Å². The smallest absolute Gasteiger partial charge is 0.238 e. The fourth-order valence-corrected chi connectivity index (χ4v) is 4.14. The summed E-state index contributed by atoms with van der Waals surface area (Å²) < 4.78 is 0. The third-order valence-electron chi connectivity index (χ3n) is 5.77. The van der Waals surface area contributed by atoms with E-state index in [0.29, 0.717) is 18.1 Å². The zero-order valence-corrected chi connectivity index (χ0v) is 18.1. The number of anilines is 1. The van der Waals surface area contributed by atoms with Crippen LogP contribution in [0.2, 0.25) is 5.02 Å². The Bertz CT molecular complexity index is 1050. The summed E-state index contributed by atoms with van der Waals surface area (Å²) in [5.74, 6) is 0.0430. The minimum atomic E-state index is -0.0259. The lowest BCUT2D eigenvalue weighted by Gasteiger charge is -2.30. The molecule has 0 bridgehead atoms. The maximum Gasteiger partial charge on any atom is 0.238 e. The molecule has 0 aliphatic carbocycles. The predicted octanol–water partition coefficient (Wildman–Crippen LogP) is 4.46. The van der Waals surface area contributed by atoms with E-state index in [4.69, 9.17) is 11.6 Å². The summed E-state index contributed by atoms with van der Waals surface area (Å²) in [5.41, 5.74) is 1.86. The second-order valence-electron chi connectivity index (χ2n) is 7.97. The third kappa shape index (κ3) is 5.63. The number of carbonyl (C=O) groups excluding carboxylic acids is 2. The summed E-state index contributed by atoms with van der Waals surface area (Å²) in [5, 5.41) is 8.88. The topological polar surface area (TPSA) is 61.4 Å². The van der Waals surface area contributed by atoms with Gasteiger partial charge in [0.15, 0.2) is 0 Å². The van der Waals surface area contributed by atoms with Crippen LogP contribution in [-0.2, 0) is 16.1 Å². The van der Waals surface area contributed by atoms with Gasteiger partial charge in [0.05, 0.1) is 6.54 Å². The number of piperidine rings is 1. The van der Waals surface area contributed by atoms with Gasteiger partial charge in [-0.05, 0) is 55.1 Å². The number of hydrogen-bond donors (Lipinski definition) is 2. The van der Waals surface area contributed by atoms with Crippen LogP contribution >= 0.6 is 11.6 Å². The second-order valence-corrected chi connectivity index (χ2v) is 8.41. The SMILES string of the molecule is O=C(CN1CCC(C(=O)NCc2ccc(Cl)cc2)CC1)Nc1cccc2ccccc12. The number of carbonyl (C=O) groups is 2. The van der Waals surface area contributed by atoms with Gasteiger partial charge in [0, 0.05) is 28.6 Å². The average molecular weight is 436 g/mol. The molecule has 3 aromatic carbocycles. The summed E-state index contributed by atoms with van der Waals surface area (Å²) in [6.07, 6.45) is 1.52. The lowest BCUT2D eigenvalue weighted by atomic mass is 9.96. The first kappa shape index (κ1) is 21.3. The molecule has 0 aromatic heterocycles. The molecule has 2 amide bonds. The molecular weight excluding hydrogens is 410 g/mol. The van der Waals surface area contributed by atoms with Crippen molar-refractivity contribution >= 4 is 39.9 Å². The lowest BCUT2D eigenvalue weighted by Crippen LogP contribution is -2.43. The molecule has 1 heterocycles. The molecule has 2 N–H and O–H groups in total. The van der Waals surface area contributed by atoms with Gasteiger partial charge < -0.3 is 10.6 Å². The maximum absolute atomic E-state index is 12.6. The summed E-state index contributed by atoms with van der Waals surface area (Å²) in [7, 11) is 0. The number of nitrogens with one attached hydrogen (secondary N) is 2. The van der Waals surface area contributed by atoms with E-state index in [-0.39, 0.29) is 17.7 Å². The van der Waals surface area contributed by atoms with Gasteiger partial charge in [-0.2, -0.15) is 0 Å². The van der Waals surface area contributed by atoms with Crippen LogP contribution in [-0.4, -0.2) is 36.3 Å². The minimum absolute atomic E-state index is 0.00956. The fourth-order valence-electron chi connectivity index (χ4n) is 4.02. The van der Waals surface area contributed by atoms with Gasteiger partial charge in [0.1, 0.15) is 0 Å². The van der Waals surface area contributed by atoms with Crippen molar-refractivity contribution in [2.45, 2.75) is 19.4 Å². The van der Waals surface area contributed by atoms with Crippen molar-refractivity contribution in [3.63, 3.8) is 0 Å². The van der Waals surface area contributed by atoms with E-state index in [1.54, 1.807) is 0 Å². The molecular formula is C25H26ClN3O2. The molecule has 1 saturated heterocycles. The highest BCUT2D eigenvalue weighted by molar-refractivity contribution is 6.30. The van der Waals surface area contributed by atoms with Gasteiger partial charge in [0.25, 0.3) is 0 Å². The Hall–Kier alpha value is -2.89. The maximum atomic E-state index is 12.6. The molecule has 0 radical (unpaired) electrons. The highest BCUT2D eigenvalue weighted by Crippen LogP contribution is 2.23. The van der Waals surface area contributed by atoms with Gasteiger partial charge in [-0.1, -0.05) is 60.1 Å². The molecule has 5 nitrogen and oxygen atoms in total. The summed E-state index contributed by atoms with van der Waals surface area (Å²) in [6, 6.07) is 21.4. The normalized spacial score (nSPS) is 15.0. The first-order chi connectivity index (χ1) is 15.1. The van der Waals surface area contributed by atoms with E-state index in [0.717, 1.165) is 48.0 Å². The van der Waals surface area contributed by atoms with Crippen LogP contribution in [0.15, 0.2) is 66.7 Å². The Balaban J connectivity index is 1.23. The zero-order chi connectivity index (χ0) is 21.6. The number of fused-ring (bicyclic) bond motifs is 1. The molecule has 0 saturated carbocycles. The molecule has 0 spiro atoms. The lowest BCUT2D eigenvalue weighted by molar-refractivity contribution is -0.126. The highest BCUT2D eigenvalue weighted by atomic mass is 35.5. The van der Waals surface area contributed by atoms with Gasteiger partial charge in [-0.25, -0.2) is 0 Å². The van der Waals surface area contributed by atoms with Crippen LogP contribution in [0.5, 0.6) is 0 Å². The van der Waals surface area contributed by atoms with E-state index in [1.165, 1.54) is 0 Å². The van der Waals surface area contributed by atoms with Crippen molar-refractivity contribution in [3.05, 3.63) is 77.3 Å². The van der Waals surface area contributed by atoms with E-state index in [2.05, 4.69) is 15.5 Å². The first-order valence-electron chi connectivity index (χ1n) is 10.6. The van der Waals surface area contributed by atoms with Crippen LogP contribution in [0.4, 0.5) is 5.69 Å². The molecule has 1 aliphatic rings. The molecule has 160 valence electrons. The van der Waals surface area contributed by atoms with Crippen LogP contribution in [0.1, 0.15) is 18.4 Å². The monoisotopic (exact) mass is 435 g/mol. The fraction of sp³-hybridized carbons (Fsp3) is 0.280. The number of nitrogens with zero attached hydrogens (tertiary/aromatic N) is 1. The van der Waals surface area contributed by atoms with Gasteiger partial charge >= 0.3 is 0 Å². The second kappa shape index (κ2) is 9.94. The van der Waals surface area contributed by atoms with E-state index in [1.807, 2.05) is 66.7 Å². The van der Waals surface area contributed by atoms with E-state index >= 15 is 0 Å². The van der Waals surface area contributed by atoms with Crippen LogP contribution < -0.4 is 10.6 Å². The van der Waals surface area contributed by atoms with Crippen LogP contribution in [0.25, 0.3) is 10.8 Å². The minimum Gasteiger partial charge on any atom is -0.352 e. The summed E-state index contributed by atoms with van der Waals surface area (Å²) >= 11 is 5.90. The Morgan fingerprint density at radius 2 is 1.65 bits per heavy atom. The number of benzene rings is 3. The molecule has 0 unspecified atom stereocenters. The van der Waals surface area contributed by atoms with Crippen LogP contribution in [0.3, 0.4) is 0 Å². The molecule has 4 rings (SSSR count). The third-order valence-corrected chi connectivity index (χ3v) is 6.02. The standard InChI is InChI=1S/C25H26ClN3O2/c26-21-10-8-18(9-11-21)16-27-25(31)20-12-14-29(15-13-20)17-24(30)28-23-7-3-5-19-4-1-2-6-22(19)23/h1-11,20H,12-17H2,(H,27,31)(H,28,30).